The first kappa shape index (κ1) is 22.3. The molecule has 0 aromatic carbocycles. The molecule has 0 amide bonds. The molecular weight excluding hydrogens is 398 g/mol. The van der Waals surface area contributed by atoms with E-state index >= 15 is 0 Å². The van der Waals surface area contributed by atoms with Crippen molar-refractivity contribution >= 4 is 45.6 Å². The fourth-order valence-electron chi connectivity index (χ4n) is 5.05. The van der Waals surface area contributed by atoms with Crippen LogP contribution in [0.3, 0.4) is 0 Å². The van der Waals surface area contributed by atoms with E-state index < -0.39 is 39.0 Å². The first-order valence-electron chi connectivity index (χ1n) is 7.87. The van der Waals surface area contributed by atoms with Gasteiger partial charge in [-0.2, -0.15) is 30.4 Å². The monoisotopic (exact) mass is 415 g/mol. The molecule has 12 heteroatoms. The number of carbonyl (C=O) groups is 1. The number of hydrogen-bond donors (Lipinski definition) is 1. The molecule has 1 radical (unpaired) electrons. The second kappa shape index (κ2) is 6.82. The molecule has 4 aliphatic rings. The number of esters is 1. The van der Waals surface area contributed by atoms with Crippen molar-refractivity contribution in [2.45, 2.75) is 56.1 Å². The minimum Gasteiger partial charge on any atom is -0.444 e. The molecule has 1 unspecified atom stereocenters. The number of hydrogen-bond acceptors (Lipinski definition) is 4. The summed E-state index contributed by atoms with van der Waals surface area (Å²) < 4.78 is 99.9. The number of alkyl halides is 5. The summed E-state index contributed by atoms with van der Waals surface area (Å²) in [6, 6.07) is 0. The second-order valence-electron chi connectivity index (χ2n) is 7.56. The van der Waals surface area contributed by atoms with Gasteiger partial charge < -0.3 is 4.74 Å². The largest absolute Gasteiger partial charge is 0.444 e. The Morgan fingerprint density at radius 2 is 1.38 bits per heavy atom. The molecule has 4 saturated carbocycles. The fourth-order valence-corrected chi connectivity index (χ4v) is 5.51. The van der Waals surface area contributed by atoms with Crippen LogP contribution in [0.5, 0.6) is 0 Å². The number of ether oxygens (including phenoxy) is 1. The van der Waals surface area contributed by atoms with Gasteiger partial charge in [-0.05, 0) is 56.3 Å². The van der Waals surface area contributed by atoms with Crippen LogP contribution in [0.25, 0.3) is 0 Å². The Kier molecular flexibility index (Phi) is 5.86. The van der Waals surface area contributed by atoms with Gasteiger partial charge in [-0.1, -0.05) is 0 Å². The van der Waals surface area contributed by atoms with E-state index in [2.05, 4.69) is 4.74 Å². The quantitative estimate of drug-likeness (QED) is 0.331. The molecule has 0 aromatic rings. The first-order chi connectivity index (χ1) is 11.2. The fraction of sp³-hybridized carbons (Fsp3) is 0.929. The number of rotatable bonds is 4. The molecule has 1 atom stereocenters. The van der Waals surface area contributed by atoms with E-state index in [0.29, 0.717) is 0 Å². The van der Waals surface area contributed by atoms with Gasteiger partial charge in [0.05, 0.1) is 5.41 Å². The molecule has 4 aliphatic carbocycles. The Balaban J connectivity index is 0.00000243. The third kappa shape index (κ3) is 3.78. The molecular formula is C14H17F5NaO5S. The molecule has 5 nitrogen and oxygen atoms in total. The molecule has 0 aliphatic heterocycles. The Morgan fingerprint density at radius 1 is 1.00 bits per heavy atom. The smallest absolute Gasteiger partial charge is 0.432 e. The van der Waals surface area contributed by atoms with E-state index in [1.807, 2.05) is 0 Å². The molecule has 4 rings (SSSR count). The topological polar surface area (TPSA) is 80.7 Å². The third-order valence-electron chi connectivity index (χ3n) is 5.64. The summed E-state index contributed by atoms with van der Waals surface area (Å²) in [5.41, 5.74) is -1.27. The minimum atomic E-state index is -6.42. The SMILES string of the molecule is O=C(OC(C(F)(F)F)C(F)(F)S(=O)(=O)O)C12CC3CC(CC(C3)C1)C2.[Na]. The molecule has 145 valence electrons. The van der Waals surface area contributed by atoms with Crippen molar-refractivity contribution in [2.24, 2.45) is 23.2 Å². The van der Waals surface area contributed by atoms with Crippen molar-refractivity contribution in [1.82, 2.24) is 0 Å². The van der Waals surface area contributed by atoms with Crippen LogP contribution in [0.2, 0.25) is 0 Å². The van der Waals surface area contributed by atoms with Gasteiger partial charge in [0, 0.05) is 29.6 Å². The molecule has 1 N–H and O–H groups in total. The van der Waals surface area contributed by atoms with Gasteiger partial charge in [-0.25, -0.2) is 0 Å². The van der Waals surface area contributed by atoms with E-state index in [4.69, 9.17) is 4.55 Å². The van der Waals surface area contributed by atoms with Crippen molar-refractivity contribution in [3.05, 3.63) is 0 Å². The van der Waals surface area contributed by atoms with Gasteiger partial charge in [-0.3, -0.25) is 9.35 Å². The maximum absolute atomic E-state index is 13.6. The van der Waals surface area contributed by atoms with Gasteiger partial charge in [-0.15, -0.1) is 0 Å². The summed E-state index contributed by atoms with van der Waals surface area (Å²) in [4.78, 5) is 12.4. The molecule has 0 spiro atoms. The van der Waals surface area contributed by atoms with E-state index in [1.54, 1.807) is 0 Å². The van der Waals surface area contributed by atoms with Crippen LogP contribution in [0, 0.1) is 23.2 Å². The Morgan fingerprint density at radius 3 is 1.69 bits per heavy atom. The molecule has 0 aromatic heterocycles. The Labute approximate surface area is 169 Å². The Hall–Kier alpha value is 0.0300. The summed E-state index contributed by atoms with van der Waals surface area (Å²) in [7, 11) is -6.42. The van der Waals surface area contributed by atoms with E-state index in [0.717, 1.165) is 19.3 Å². The third-order valence-corrected chi connectivity index (χ3v) is 6.54. The van der Waals surface area contributed by atoms with Crippen molar-refractivity contribution in [1.29, 1.82) is 0 Å². The second-order valence-corrected chi connectivity index (χ2v) is 9.06. The van der Waals surface area contributed by atoms with Crippen molar-refractivity contribution in [3.8, 4) is 0 Å². The summed E-state index contributed by atoms with van der Waals surface area (Å²) in [6.45, 7) is 0. The average Bonchev–Trinajstić information content (AvgIpc) is 2.40. The van der Waals surface area contributed by atoms with Crippen LogP contribution in [0.4, 0.5) is 22.0 Å². The molecule has 26 heavy (non-hydrogen) atoms. The first-order valence-corrected chi connectivity index (χ1v) is 9.31. The van der Waals surface area contributed by atoms with Crippen molar-refractivity contribution < 1.29 is 44.5 Å². The zero-order chi connectivity index (χ0) is 18.8. The van der Waals surface area contributed by atoms with Crippen molar-refractivity contribution in [2.75, 3.05) is 0 Å². The standard InChI is InChI=1S/C14H17F5O5S.Na/c15-13(16,17)10(14(18,19)25(21,22)23)24-11(20)12-4-7-1-8(5-12)3-9(2-7)6-12;/h7-10H,1-6H2,(H,21,22,23);. The maximum Gasteiger partial charge on any atom is 0.432 e. The minimum absolute atomic E-state index is 0. The van der Waals surface area contributed by atoms with Gasteiger partial charge in [0.1, 0.15) is 0 Å². The number of halogens is 5. The van der Waals surface area contributed by atoms with Crippen LogP contribution < -0.4 is 0 Å². The van der Waals surface area contributed by atoms with Crippen molar-refractivity contribution in [3.63, 3.8) is 0 Å². The summed E-state index contributed by atoms with van der Waals surface area (Å²) in [5.74, 6) is -1.02. The predicted molar refractivity (Wildman–Crippen MR) is 78.8 cm³/mol. The molecule has 4 bridgehead atoms. The van der Waals surface area contributed by atoms with E-state index in [1.165, 1.54) is 0 Å². The van der Waals surface area contributed by atoms with Gasteiger partial charge in [0.15, 0.2) is 0 Å². The summed E-state index contributed by atoms with van der Waals surface area (Å²) in [5, 5.41) is -5.68. The molecule has 0 saturated heterocycles. The van der Waals surface area contributed by atoms with E-state index in [9.17, 15) is 35.2 Å². The normalized spacial score (nSPS) is 34.9. The molecule has 4 fully saturated rings. The average molecular weight is 415 g/mol. The summed E-state index contributed by atoms with van der Waals surface area (Å²) in [6.07, 6.45) is -6.73. The Bertz CT molecular complexity index is 642. The van der Waals surface area contributed by atoms with Crippen LogP contribution in [-0.4, -0.2) is 66.0 Å². The van der Waals surface area contributed by atoms with Gasteiger partial charge >= 0.3 is 27.5 Å². The van der Waals surface area contributed by atoms with Crippen LogP contribution >= 0.6 is 0 Å². The zero-order valence-corrected chi connectivity index (χ0v) is 16.7. The summed E-state index contributed by atoms with van der Waals surface area (Å²) >= 11 is 0. The maximum atomic E-state index is 13.6. The van der Waals surface area contributed by atoms with Crippen LogP contribution in [-0.2, 0) is 19.6 Å². The van der Waals surface area contributed by atoms with Crippen LogP contribution in [0.15, 0.2) is 0 Å². The van der Waals surface area contributed by atoms with Gasteiger partial charge in [0.25, 0.3) is 6.10 Å². The van der Waals surface area contributed by atoms with Crippen LogP contribution in [0.1, 0.15) is 38.5 Å². The van der Waals surface area contributed by atoms with E-state index in [-0.39, 0.29) is 66.6 Å². The zero-order valence-electron chi connectivity index (χ0n) is 13.9. The molecule has 0 heterocycles. The number of carbonyl (C=O) groups excluding carboxylic acids is 1. The van der Waals surface area contributed by atoms with Gasteiger partial charge in [0.2, 0.25) is 0 Å². The predicted octanol–water partition coefficient (Wildman–Crippen LogP) is 2.78.